The molecule has 0 atom stereocenters. The van der Waals surface area contributed by atoms with Crippen molar-refractivity contribution in [3.05, 3.63) is 57.6 Å². The third-order valence-electron chi connectivity index (χ3n) is 2.80. The van der Waals surface area contributed by atoms with Gasteiger partial charge in [-0.05, 0) is 18.2 Å². The van der Waals surface area contributed by atoms with Crippen molar-refractivity contribution in [1.29, 1.82) is 0 Å². The van der Waals surface area contributed by atoms with Crippen LogP contribution in [0.15, 0.2) is 42.5 Å². The molecule has 0 saturated carbocycles. The average molecular weight is 289 g/mol. The molecule has 0 radical (unpaired) electrons. The van der Waals surface area contributed by atoms with Crippen LogP contribution in [0.2, 0.25) is 5.02 Å². The van der Waals surface area contributed by atoms with Gasteiger partial charge in [-0.15, -0.1) is 0 Å². The summed E-state index contributed by atoms with van der Waals surface area (Å²) in [6.45, 7) is 0. The van der Waals surface area contributed by atoms with Crippen LogP contribution in [0.4, 0.5) is 17.3 Å². The Labute approximate surface area is 118 Å². The average Bonchev–Trinajstić information content (AvgIpc) is 2.82. The minimum absolute atomic E-state index is 0.0189. The normalized spacial score (nSPS) is 10.7. The van der Waals surface area contributed by atoms with Gasteiger partial charge in [-0.25, -0.2) is 4.98 Å². The van der Waals surface area contributed by atoms with E-state index >= 15 is 0 Å². The lowest BCUT2D eigenvalue weighted by Crippen LogP contribution is -1.92. The number of para-hydroxylation sites is 1. The van der Waals surface area contributed by atoms with E-state index in [1.165, 1.54) is 12.1 Å². The smallest absolute Gasteiger partial charge is 0.271 e. The number of nitro groups is 1. The van der Waals surface area contributed by atoms with Crippen molar-refractivity contribution in [2.75, 3.05) is 5.32 Å². The van der Waals surface area contributed by atoms with Gasteiger partial charge in [0.25, 0.3) is 5.69 Å². The van der Waals surface area contributed by atoms with Crippen molar-refractivity contribution >= 4 is 40.0 Å². The van der Waals surface area contributed by atoms with Crippen LogP contribution >= 0.6 is 11.6 Å². The third kappa shape index (κ3) is 2.28. The molecule has 3 rings (SSSR count). The molecule has 1 heterocycles. The van der Waals surface area contributed by atoms with E-state index in [2.05, 4.69) is 15.3 Å². The first-order chi connectivity index (χ1) is 9.63. The van der Waals surface area contributed by atoms with Crippen LogP contribution in [0, 0.1) is 10.1 Å². The quantitative estimate of drug-likeness (QED) is 0.566. The Morgan fingerprint density at radius 1 is 1.25 bits per heavy atom. The standard InChI is InChI=1S/C13H9ClN4O2/c14-9-3-1-2-4-10(9)15-13-16-11-6-5-8(18(19)20)7-12(11)17-13/h1-7H,(H2,15,16,17). The van der Waals surface area contributed by atoms with Crippen LogP contribution in [0.5, 0.6) is 0 Å². The Bertz CT molecular complexity index is 800. The van der Waals surface area contributed by atoms with E-state index in [9.17, 15) is 10.1 Å². The second-order valence-electron chi connectivity index (χ2n) is 4.15. The summed E-state index contributed by atoms with van der Waals surface area (Å²) in [5.41, 5.74) is 1.96. The molecular weight excluding hydrogens is 280 g/mol. The van der Waals surface area contributed by atoms with E-state index in [4.69, 9.17) is 11.6 Å². The van der Waals surface area contributed by atoms with E-state index in [1.54, 1.807) is 12.1 Å². The summed E-state index contributed by atoms with van der Waals surface area (Å²) in [4.78, 5) is 17.6. The number of hydrogen-bond donors (Lipinski definition) is 2. The molecule has 3 aromatic rings. The summed E-state index contributed by atoms with van der Waals surface area (Å²) >= 11 is 6.05. The van der Waals surface area contributed by atoms with Gasteiger partial charge in [0.1, 0.15) is 0 Å². The second kappa shape index (κ2) is 4.82. The zero-order chi connectivity index (χ0) is 14.1. The van der Waals surface area contributed by atoms with E-state index in [0.717, 1.165) is 0 Å². The van der Waals surface area contributed by atoms with Gasteiger partial charge in [0.2, 0.25) is 5.95 Å². The lowest BCUT2D eigenvalue weighted by atomic mass is 10.3. The van der Waals surface area contributed by atoms with Gasteiger partial charge < -0.3 is 10.3 Å². The van der Waals surface area contributed by atoms with Gasteiger partial charge in [0.15, 0.2) is 0 Å². The predicted octanol–water partition coefficient (Wildman–Crippen LogP) is 3.87. The number of aromatic nitrogens is 2. The number of non-ortho nitro benzene ring substituents is 1. The van der Waals surface area contributed by atoms with Gasteiger partial charge in [-0.1, -0.05) is 23.7 Å². The highest BCUT2D eigenvalue weighted by Crippen LogP contribution is 2.26. The number of hydrogen-bond acceptors (Lipinski definition) is 4. The van der Waals surface area contributed by atoms with Crippen LogP contribution in [-0.2, 0) is 0 Å². The lowest BCUT2D eigenvalue weighted by molar-refractivity contribution is -0.384. The van der Waals surface area contributed by atoms with Crippen molar-refractivity contribution in [2.45, 2.75) is 0 Å². The fourth-order valence-electron chi connectivity index (χ4n) is 1.86. The topological polar surface area (TPSA) is 83.8 Å². The highest BCUT2D eigenvalue weighted by Gasteiger charge is 2.10. The van der Waals surface area contributed by atoms with E-state index in [0.29, 0.717) is 27.7 Å². The minimum Gasteiger partial charge on any atom is -0.324 e. The summed E-state index contributed by atoms with van der Waals surface area (Å²) in [7, 11) is 0. The Kier molecular flexibility index (Phi) is 3.00. The number of benzene rings is 2. The van der Waals surface area contributed by atoms with Gasteiger partial charge >= 0.3 is 0 Å². The molecule has 1 aromatic heterocycles. The fourth-order valence-corrected chi connectivity index (χ4v) is 2.04. The zero-order valence-electron chi connectivity index (χ0n) is 10.1. The van der Waals surface area contributed by atoms with Gasteiger partial charge in [-0.2, -0.15) is 0 Å². The Morgan fingerprint density at radius 3 is 2.80 bits per heavy atom. The number of imidazole rings is 1. The van der Waals surface area contributed by atoms with Crippen molar-refractivity contribution in [1.82, 2.24) is 9.97 Å². The summed E-state index contributed by atoms with van der Waals surface area (Å²) in [5, 5.41) is 14.3. The lowest BCUT2D eigenvalue weighted by Gasteiger charge is -2.03. The first-order valence-electron chi connectivity index (χ1n) is 5.79. The zero-order valence-corrected chi connectivity index (χ0v) is 10.9. The fraction of sp³-hybridized carbons (Fsp3) is 0. The molecule has 0 bridgehead atoms. The first-order valence-corrected chi connectivity index (χ1v) is 6.17. The van der Waals surface area contributed by atoms with Crippen molar-refractivity contribution < 1.29 is 4.92 Å². The minimum atomic E-state index is -0.443. The molecule has 0 spiro atoms. The first kappa shape index (κ1) is 12.4. The molecule has 6 nitrogen and oxygen atoms in total. The number of fused-ring (bicyclic) bond motifs is 1. The summed E-state index contributed by atoms with van der Waals surface area (Å²) in [6, 6.07) is 11.7. The molecule has 2 aromatic carbocycles. The molecule has 0 amide bonds. The van der Waals surface area contributed by atoms with Crippen LogP contribution in [0.3, 0.4) is 0 Å². The van der Waals surface area contributed by atoms with Gasteiger partial charge in [-0.3, -0.25) is 10.1 Å². The van der Waals surface area contributed by atoms with Crippen LogP contribution in [-0.4, -0.2) is 14.9 Å². The largest absolute Gasteiger partial charge is 0.324 e. The number of nitro benzene ring substituents is 1. The number of H-pyrrole nitrogens is 1. The number of nitrogens with one attached hydrogen (secondary N) is 2. The van der Waals surface area contributed by atoms with Crippen molar-refractivity contribution in [3.8, 4) is 0 Å². The van der Waals surface area contributed by atoms with Gasteiger partial charge in [0.05, 0.1) is 26.7 Å². The SMILES string of the molecule is O=[N+]([O-])c1ccc2nc(Nc3ccccc3Cl)[nH]c2c1. The van der Waals surface area contributed by atoms with E-state index in [1.807, 2.05) is 18.2 Å². The molecule has 7 heteroatoms. The third-order valence-corrected chi connectivity index (χ3v) is 3.13. The monoisotopic (exact) mass is 288 g/mol. The maximum Gasteiger partial charge on any atom is 0.271 e. The summed E-state index contributed by atoms with van der Waals surface area (Å²) in [6.07, 6.45) is 0. The van der Waals surface area contributed by atoms with Crippen molar-refractivity contribution in [3.63, 3.8) is 0 Å². The predicted molar refractivity (Wildman–Crippen MR) is 77.5 cm³/mol. The molecule has 2 N–H and O–H groups in total. The summed E-state index contributed by atoms with van der Waals surface area (Å²) < 4.78 is 0. The van der Waals surface area contributed by atoms with Crippen LogP contribution < -0.4 is 5.32 Å². The Hall–Kier alpha value is -2.60. The van der Waals surface area contributed by atoms with E-state index in [-0.39, 0.29) is 5.69 Å². The molecular formula is C13H9ClN4O2. The molecule has 100 valence electrons. The maximum atomic E-state index is 10.7. The highest BCUT2D eigenvalue weighted by molar-refractivity contribution is 6.33. The Balaban J connectivity index is 1.97. The Morgan fingerprint density at radius 2 is 2.05 bits per heavy atom. The molecule has 0 aliphatic carbocycles. The number of anilines is 2. The number of aromatic amines is 1. The molecule has 20 heavy (non-hydrogen) atoms. The van der Waals surface area contributed by atoms with E-state index < -0.39 is 4.92 Å². The van der Waals surface area contributed by atoms with Crippen LogP contribution in [0.1, 0.15) is 0 Å². The highest BCUT2D eigenvalue weighted by atomic mass is 35.5. The molecule has 0 aliphatic heterocycles. The summed E-state index contributed by atoms with van der Waals surface area (Å²) in [5.74, 6) is 0.480. The second-order valence-corrected chi connectivity index (χ2v) is 4.56. The number of nitrogens with zero attached hydrogens (tertiary/aromatic N) is 2. The molecule has 0 fully saturated rings. The number of rotatable bonds is 3. The molecule has 0 unspecified atom stereocenters. The van der Waals surface area contributed by atoms with Crippen LogP contribution in [0.25, 0.3) is 11.0 Å². The molecule has 0 aliphatic rings. The maximum absolute atomic E-state index is 10.7. The number of halogens is 1. The molecule has 0 saturated heterocycles. The van der Waals surface area contributed by atoms with Crippen molar-refractivity contribution in [2.24, 2.45) is 0 Å². The van der Waals surface area contributed by atoms with Gasteiger partial charge in [0, 0.05) is 12.1 Å².